The van der Waals surface area contributed by atoms with Gasteiger partial charge in [-0.1, -0.05) is 39.0 Å². The van der Waals surface area contributed by atoms with Crippen LogP contribution in [-0.4, -0.2) is 24.6 Å². The summed E-state index contributed by atoms with van der Waals surface area (Å²) in [5.74, 6) is 3.13. The largest absolute Gasteiger partial charge is 0.497 e. The number of benzene rings is 2. The molecule has 2 aromatic carbocycles. The molecule has 30 heavy (non-hydrogen) atoms. The monoisotopic (exact) mass is 522 g/mol. The summed E-state index contributed by atoms with van der Waals surface area (Å²) in [4.78, 5) is 9.05. The Kier molecular flexibility index (Phi) is 8.52. The second kappa shape index (κ2) is 10.7. The molecule has 1 aromatic heterocycles. The van der Waals surface area contributed by atoms with Crippen molar-refractivity contribution in [3.05, 3.63) is 59.8 Å². The van der Waals surface area contributed by atoms with E-state index in [-0.39, 0.29) is 29.4 Å². The zero-order valence-corrected chi connectivity index (χ0v) is 20.6. The van der Waals surface area contributed by atoms with Gasteiger partial charge in [0.25, 0.3) is 0 Å². The van der Waals surface area contributed by atoms with Crippen LogP contribution >= 0.6 is 24.0 Å². The summed E-state index contributed by atoms with van der Waals surface area (Å²) in [7, 11) is 1.68. The van der Waals surface area contributed by atoms with Crippen LogP contribution in [0.2, 0.25) is 0 Å². The van der Waals surface area contributed by atoms with E-state index in [1.54, 1.807) is 13.3 Å². The summed E-state index contributed by atoms with van der Waals surface area (Å²) in [6.07, 6.45) is 1.80. The van der Waals surface area contributed by atoms with E-state index in [2.05, 4.69) is 60.7 Å². The van der Waals surface area contributed by atoms with E-state index in [4.69, 9.17) is 14.1 Å². The number of aromatic nitrogens is 1. The lowest BCUT2D eigenvalue weighted by Gasteiger charge is -2.13. The Labute approximate surface area is 195 Å². The maximum absolute atomic E-state index is 5.84. The molecule has 0 aliphatic heterocycles. The number of methoxy groups -OCH3 is 1. The number of nitrogens with zero attached hydrogens (tertiary/aromatic N) is 2. The summed E-state index contributed by atoms with van der Waals surface area (Å²) in [6, 6.07) is 12.4. The SMILES string of the molecule is CCNC(=NCc1ccc2cc(OC)ccc2c1)NCc1ncc(C(C)(C)C)o1.I. The van der Waals surface area contributed by atoms with Crippen molar-refractivity contribution in [1.82, 2.24) is 15.6 Å². The average molecular weight is 522 g/mol. The first kappa shape index (κ1) is 24.0. The molecule has 0 atom stereocenters. The first-order chi connectivity index (χ1) is 13.9. The molecule has 0 radical (unpaired) electrons. The van der Waals surface area contributed by atoms with Crippen molar-refractivity contribution in [2.45, 2.75) is 46.2 Å². The highest BCUT2D eigenvalue weighted by molar-refractivity contribution is 14.0. The Hall–Kier alpha value is -2.29. The fourth-order valence-corrected chi connectivity index (χ4v) is 2.91. The number of halogens is 1. The van der Waals surface area contributed by atoms with Crippen LogP contribution in [0.15, 0.2) is 52.0 Å². The van der Waals surface area contributed by atoms with Crippen LogP contribution in [0.4, 0.5) is 0 Å². The highest BCUT2D eigenvalue weighted by atomic mass is 127. The molecule has 0 saturated heterocycles. The highest BCUT2D eigenvalue weighted by Crippen LogP contribution is 2.23. The lowest BCUT2D eigenvalue weighted by molar-refractivity contribution is 0.379. The Morgan fingerprint density at radius 1 is 1.10 bits per heavy atom. The van der Waals surface area contributed by atoms with Crippen LogP contribution in [0.5, 0.6) is 5.75 Å². The van der Waals surface area contributed by atoms with Crippen LogP contribution in [-0.2, 0) is 18.5 Å². The topological polar surface area (TPSA) is 71.7 Å². The van der Waals surface area contributed by atoms with E-state index < -0.39 is 0 Å². The molecular weight excluding hydrogens is 491 g/mol. The third-order valence-electron chi connectivity index (χ3n) is 4.58. The van der Waals surface area contributed by atoms with E-state index in [0.29, 0.717) is 19.0 Å². The molecule has 3 aromatic rings. The number of guanidine groups is 1. The number of aliphatic imine (C=N–C) groups is 1. The smallest absolute Gasteiger partial charge is 0.213 e. The Morgan fingerprint density at radius 2 is 1.83 bits per heavy atom. The molecule has 7 heteroatoms. The lowest BCUT2D eigenvalue weighted by atomic mass is 9.94. The summed E-state index contributed by atoms with van der Waals surface area (Å²) in [6.45, 7) is 10.2. The molecule has 3 rings (SSSR count). The highest BCUT2D eigenvalue weighted by Gasteiger charge is 2.19. The molecule has 2 N–H and O–H groups in total. The van der Waals surface area contributed by atoms with Gasteiger partial charge in [0.15, 0.2) is 5.96 Å². The summed E-state index contributed by atoms with van der Waals surface area (Å²) in [5.41, 5.74) is 1.09. The molecular formula is C23H31IN4O2. The molecule has 0 bridgehead atoms. The molecule has 1 heterocycles. The van der Waals surface area contributed by atoms with Crippen molar-refractivity contribution in [3.63, 3.8) is 0 Å². The lowest BCUT2D eigenvalue weighted by Crippen LogP contribution is -2.36. The molecule has 0 spiro atoms. The van der Waals surface area contributed by atoms with Crippen molar-refractivity contribution >= 4 is 40.7 Å². The first-order valence-electron chi connectivity index (χ1n) is 9.93. The zero-order chi connectivity index (χ0) is 20.9. The Morgan fingerprint density at radius 3 is 2.50 bits per heavy atom. The number of ether oxygens (including phenoxy) is 1. The number of hydrogen-bond acceptors (Lipinski definition) is 4. The van der Waals surface area contributed by atoms with Gasteiger partial charge in [0.1, 0.15) is 11.5 Å². The van der Waals surface area contributed by atoms with E-state index in [1.807, 2.05) is 19.1 Å². The predicted molar refractivity (Wildman–Crippen MR) is 133 cm³/mol. The number of hydrogen-bond donors (Lipinski definition) is 2. The number of rotatable bonds is 6. The minimum Gasteiger partial charge on any atom is -0.497 e. The van der Waals surface area contributed by atoms with Gasteiger partial charge < -0.3 is 19.8 Å². The van der Waals surface area contributed by atoms with Gasteiger partial charge in [0.2, 0.25) is 5.89 Å². The molecule has 0 amide bonds. The van der Waals surface area contributed by atoms with Crippen molar-refractivity contribution < 1.29 is 9.15 Å². The maximum atomic E-state index is 5.84. The second-order valence-corrected chi connectivity index (χ2v) is 7.96. The second-order valence-electron chi connectivity index (χ2n) is 7.96. The van der Waals surface area contributed by atoms with E-state index >= 15 is 0 Å². The third kappa shape index (κ3) is 6.35. The first-order valence-corrected chi connectivity index (χ1v) is 9.93. The predicted octanol–water partition coefficient (Wildman–Crippen LogP) is 5.01. The minimum atomic E-state index is -0.0516. The average Bonchev–Trinajstić information content (AvgIpc) is 3.19. The molecule has 0 aliphatic rings. The van der Waals surface area contributed by atoms with Crippen LogP contribution < -0.4 is 15.4 Å². The van der Waals surface area contributed by atoms with Crippen LogP contribution in [0, 0.1) is 0 Å². The van der Waals surface area contributed by atoms with E-state index in [1.165, 1.54) is 5.39 Å². The van der Waals surface area contributed by atoms with Gasteiger partial charge >= 0.3 is 0 Å². The van der Waals surface area contributed by atoms with Gasteiger partial charge in [-0.2, -0.15) is 0 Å². The molecule has 162 valence electrons. The van der Waals surface area contributed by atoms with Gasteiger partial charge in [-0.05, 0) is 41.5 Å². The van der Waals surface area contributed by atoms with E-state index in [0.717, 1.165) is 35.0 Å². The van der Waals surface area contributed by atoms with Crippen molar-refractivity contribution in [2.75, 3.05) is 13.7 Å². The van der Waals surface area contributed by atoms with Crippen molar-refractivity contribution in [1.29, 1.82) is 0 Å². The fourth-order valence-electron chi connectivity index (χ4n) is 2.91. The van der Waals surface area contributed by atoms with Gasteiger partial charge in [-0.25, -0.2) is 9.98 Å². The summed E-state index contributed by atoms with van der Waals surface area (Å²) < 4.78 is 11.1. The minimum absolute atomic E-state index is 0. The Balaban J connectivity index is 0.00000320. The maximum Gasteiger partial charge on any atom is 0.213 e. The molecule has 0 aliphatic carbocycles. The molecule has 0 saturated carbocycles. The van der Waals surface area contributed by atoms with Gasteiger partial charge in [0, 0.05) is 12.0 Å². The van der Waals surface area contributed by atoms with Crippen LogP contribution in [0.25, 0.3) is 10.8 Å². The van der Waals surface area contributed by atoms with Gasteiger partial charge in [0.05, 0.1) is 26.4 Å². The van der Waals surface area contributed by atoms with Crippen molar-refractivity contribution in [3.8, 4) is 5.75 Å². The fraction of sp³-hybridized carbons (Fsp3) is 0.391. The normalized spacial score (nSPS) is 11.8. The number of nitrogens with one attached hydrogen (secondary N) is 2. The molecule has 6 nitrogen and oxygen atoms in total. The van der Waals surface area contributed by atoms with Crippen LogP contribution in [0.1, 0.15) is 44.9 Å². The third-order valence-corrected chi connectivity index (χ3v) is 4.58. The van der Waals surface area contributed by atoms with Crippen LogP contribution in [0.3, 0.4) is 0 Å². The molecule has 0 fully saturated rings. The van der Waals surface area contributed by atoms with Gasteiger partial charge in [-0.15, -0.1) is 24.0 Å². The number of oxazole rings is 1. The molecule has 0 unspecified atom stereocenters. The van der Waals surface area contributed by atoms with E-state index in [9.17, 15) is 0 Å². The standard InChI is InChI=1S/C23H30N4O2.HI/c1-6-24-22(27-15-21-25-14-20(29-21)23(2,3)4)26-13-16-7-8-18-12-19(28-5)10-9-17(18)11-16;/h7-12,14H,6,13,15H2,1-5H3,(H2,24,26,27);1H. The van der Waals surface area contributed by atoms with Crippen molar-refractivity contribution in [2.24, 2.45) is 4.99 Å². The Bertz CT molecular complexity index is 992. The quantitative estimate of drug-likeness (QED) is 0.271. The zero-order valence-electron chi connectivity index (χ0n) is 18.3. The summed E-state index contributed by atoms with van der Waals surface area (Å²) >= 11 is 0. The summed E-state index contributed by atoms with van der Waals surface area (Å²) in [5, 5.41) is 8.88. The number of fused-ring (bicyclic) bond motifs is 1. The van der Waals surface area contributed by atoms with Gasteiger partial charge in [-0.3, -0.25) is 0 Å².